The molecule has 1 heterocycles. The molecule has 4 nitrogen and oxygen atoms in total. The van der Waals surface area contributed by atoms with E-state index in [-0.39, 0.29) is 11.4 Å². The van der Waals surface area contributed by atoms with Gasteiger partial charge in [0.15, 0.2) is 0 Å². The molecule has 0 atom stereocenters. The van der Waals surface area contributed by atoms with Gasteiger partial charge in [-0.2, -0.15) is 0 Å². The highest BCUT2D eigenvalue weighted by Crippen LogP contribution is 2.18. The van der Waals surface area contributed by atoms with E-state index >= 15 is 0 Å². The van der Waals surface area contributed by atoms with Crippen LogP contribution in [0.3, 0.4) is 0 Å². The van der Waals surface area contributed by atoms with Crippen LogP contribution in [0.15, 0.2) is 28.7 Å². The van der Waals surface area contributed by atoms with Gasteiger partial charge in [0.25, 0.3) is 0 Å². The average Bonchev–Trinajstić information content (AvgIpc) is 2.82. The summed E-state index contributed by atoms with van der Waals surface area (Å²) in [5, 5.41) is 11.3. The van der Waals surface area contributed by atoms with E-state index in [2.05, 4.69) is 36.3 Å². The van der Waals surface area contributed by atoms with Crippen molar-refractivity contribution < 1.29 is 8.81 Å². The molecule has 0 aliphatic rings. The van der Waals surface area contributed by atoms with Gasteiger partial charge in [0.1, 0.15) is 5.82 Å². The zero-order valence-electron chi connectivity index (χ0n) is 12.1. The van der Waals surface area contributed by atoms with Gasteiger partial charge in [0.05, 0.1) is 0 Å². The Morgan fingerprint density at radius 2 is 2.05 bits per heavy atom. The maximum Gasteiger partial charge on any atom is 0.247 e. The second-order valence-corrected chi connectivity index (χ2v) is 5.79. The molecular weight excluding hydrogens is 257 g/mol. The monoisotopic (exact) mass is 277 g/mol. The Morgan fingerprint density at radius 1 is 1.25 bits per heavy atom. The minimum Gasteiger partial charge on any atom is -0.421 e. The molecule has 2 rings (SSSR count). The third kappa shape index (κ3) is 4.42. The molecule has 0 aliphatic heterocycles. The van der Waals surface area contributed by atoms with E-state index in [0.717, 1.165) is 13.0 Å². The molecule has 0 aliphatic carbocycles. The van der Waals surface area contributed by atoms with Crippen molar-refractivity contribution in [3.63, 3.8) is 0 Å². The summed E-state index contributed by atoms with van der Waals surface area (Å²) in [7, 11) is 0. The average molecular weight is 277 g/mol. The number of aryl methyl sites for hydroxylation is 1. The molecule has 0 amide bonds. The van der Waals surface area contributed by atoms with E-state index in [1.165, 1.54) is 12.1 Å². The van der Waals surface area contributed by atoms with E-state index in [0.29, 0.717) is 23.8 Å². The molecule has 5 heteroatoms. The van der Waals surface area contributed by atoms with E-state index in [1.54, 1.807) is 12.1 Å². The van der Waals surface area contributed by atoms with E-state index in [1.807, 2.05) is 0 Å². The Hall–Kier alpha value is -1.75. The summed E-state index contributed by atoms with van der Waals surface area (Å²) in [4.78, 5) is 0. The van der Waals surface area contributed by atoms with Crippen LogP contribution in [0.4, 0.5) is 4.39 Å². The lowest BCUT2D eigenvalue weighted by atomic mass is 10.1. The van der Waals surface area contributed by atoms with Gasteiger partial charge in [-0.25, -0.2) is 4.39 Å². The summed E-state index contributed by atoms with van der Waals surface area (Å²) in [6, 6.07) is 6.15. The molecule has 1 N–H and O–H groups in total. The van der Waals surface area contributed by atoms with Crippen molar-refractivity contribution in [2.45, 2.75) is 39.2 Å². The van der Waals surface area contributed by atoms with Crippen LogP contribution < -0.4 is 5.32 Å². The van der Waals surface area contributed by atoms with Gasteiger partial charge in [0.2, 0.25) is 11.8 Å². The van der Waals surface area contributed by atoms with Gasteiger partial charge >= 0.3 is 0 Å². The SMILES string of the molecule is CC(C)(C)NCCCc1nnc(-c2cccc(F)c2)o1. The summed E-state index contributed by atoms with van der Waals surface area (Å²) < 4.78 is 18.7. The normalized spacial score (nSPS) is 11.8. The quantitative estimate of drug-likeness (QED) is 0.853. The standard InChI is InChI=1S/C15H20FN3O/c1-15(2,3)17-9-5-8-13-18-19-14(20-13)11-6-4-7-12(16)10-11/h4,6-7,10,17H,5,8-9H2,1-3H3. The van der Waals surface area contributed by atoms with Gasteiger partial charge in [-0.3, -0.25) is 0 Å². The smallest absolute Gasteiger partial charge is 0.247 e. The van der Waals surface area contributed by atoms with Crippen LogP contribution in [-0.2, 0) is 6.42 Å². The molecule has 0 fully saturated rings. The van der Waals surface area contributed by atoms with Crippen molar-refractivity contribution in [2.24, 2.45) is 0 Å². The number of benzene rings is 1. The van der Waals surface area contributed by atoms with Crippen LogP contribution in [0.1, 0.15) is 33.1 Å². The summed E-state index contributed by atoms with van der Waals surface area (Å²) in [6.07, 6.45) is 1.63. The summed E-state index contributed by atoms with van der Waals surface area (Å²) in [5.41, 5.74) is 0.721. The van der Waals surface area contributed by atoms with Gasteiger partial charge in [-0.05, 0) is 51.9 Å². The number of nitrogens with zero attached hydrogens (tertiary/aromatic N) is 2. The highest BCUT2D eigenvalue weighted by atomic mass is 19.1. The van der Waals surface area contributed by atoms with Crippen LogP contribution in [0.2, 0.25) is 0 Å². The predicted molar refractivity (Wildman–Crippen MR) is 75.8 cm³/mol. The molecule has 0 unspecified atom stereocenters. The first kappa shape index (κ1) is 14.7. The lowest BCUT2D eigenvalue weighted by molar-refractivity contribution is 0.412. The van der Waals surface area contributed by atoms with Crippen LogP contribution >= 0.6 is 0 Å². The van der Waals surface area contributed by atoms with Crippen molar-refractivity contribution >= 4 is 0 Å². The van der Waals surface area contributed by atoms with Crippen molar-refractivity contribution in [3.05, 3.63) is 36.0 Å². The van der Waals surface area contributed by atoms with E-state index in [9.17, 15) is 4.39 Å². The predicted octanol–water partition coefficient (Wildman–Crippen LogP) is 3.20. The van der Waals surface area contributed by atoms with Crippen LogP contribution in [-0.4, -0.2) is 22.3 Å². The van der Waals surface area contributed by atoms with Crippen LogP contribution in [0, 0.1) is 5.82 Å². The minimum atomic E-state index is -0.309. The Labute approximate surface area is 118 Å². The molecule has 108 valence electrons. The van der Waals surface area contributed by atoms with Crippen molar-refractivity contribution in [2.75, 3.05) is 6.54 Å². The summed E-state index contributed by atoms with van der Waals surface area (Å²) in [5.74, 6) is 0.639. The van der Waals surface area contributed by atoms with Gasteiger partial charge in [-0.15, -0.1) is 10.2 Å². The molecule has 1 aromatic carbocycles. The van der Waals surface area contributed by atoms with Crippen molar-refractivity contribution in [3.8, 4) is 11.5 Å². The number of hydrogen-bond acceptors (Lipinski definition) is 4. The Bertz CT molecular complexity index is 560. The molecule has 2 aromatic rings. The number of hydrogen-bond donors (Lipinski definition) is 1. The van der Waals surface area contributed by atoms with Gasteiger partial charge in [0, 0.05) is 17.5 Å². The number of halogens is 1. The van der Waals surface area contributed by atoms with Gasteiger partial charge in [-0.1, -0.05) is 6.07 Å². The molecule has 0 radical (unpaired) electrons. The zero-order chi connectivity index (χ0) is 14.6. The lowest BCUT2D eigenvalue weighted by Gasteiger charge is -2.19. The zero-order valence-corrected chi connectivity index (χ0v) is 12.1. The molecule has 20 heavy (non-hydrogen) atoms. The third-order valence-corrected chi connectivity index (χ3v) is 2.76. The number of nitrogens with one attached hydrogen (secondary N) is 1. The second kappa shape index (κ2) is 6.13. The van der Waals surface area contributed by atoms with Crippen LogP contribution in [0.5, 0.6) is 0 Å². The number of rotatable bonds is 5. The maximum absolute atomic E-state index is 13.1. The fourth-order valence-corrected chi connectivity index (χ4v) is 1.80. The first-order valence-electron chi connectivity index (χ1n) is 6.77. The molecule has 0 spiro atoms. The fraction of sp³-hybridized carbons (Fsp3) is 0.467. The Morgan fingerprint density at radius 3 is 2.75 bits per heavy atom. The second-order valence-electron chi connectivity index (χ2n) is 5.79. The van der Waals surface area contributed by atoms with Crippen molar-refractivity contribution in [1.82, 2.24) is 15.5 Å². The first-order chi connectivity index (χ1) is 9.44. The molecule has 0 saturated carbocycles. The Kier molecular flexibility index (Phi) is 4.49. The van der Waals surface area contributed by atoms with Gasteiger partial charge < -0.3 is 9.73 Å². The molecule has 0 saturated heterocycles. The fourth-order valence-electron chi connectivity index (χ4n) is 1.80. The van der Waals surface area contributed by atoms with E-state index in [4.69, 9.17) is 4.42 Å². The number of aromatic nitrogens is 2. The molecule has 0 bridgehead atoms. The molecule has 1 aromatic heterocycles. The van der Waals surface area contributed by atoms with E-state index < -0.39 is 0 Å². The first-order valence-corrected chi connectivity index (χ1v) is 6.77. The van der Waals surface area contributed by atoms with Crippen LogP contribution in [0.25, 0.3) is 11.5 Å². The highest BCUT2D eigenvalue weighted by molar-refractivity contribution is 5.52. The summed E-state index contributed by atoms with van der Waals surface area (Å²) >= 11 is 0. The summed E-state index contributed by atoms with van der Waals surface area (Å²) in [6.45, 7) is 7.27. The largest absolute Gasteiger partial charge is 0.421 e. The maximum atomic E-state index is 13.1. The molecular formula is C15H20FN3O. The Balaban J connectivity index is 1.90. The lowest BCUT2D eigenvalue weighted by Crippen LogP contribution is -2.36. The van der Waals surface area contributed by atoms with Crippen molar-refractivity contribution in [1.29, 1.82) is 0 Å². The minimum absolute atomic E-state index is 0.113. The highest BCUT2D eigenvalue weighted by Gasteiger charge is 2.10. The third-order valence-electron chi connectivity index (χ3n) is 2.76. The topological polar surface area (TPSA) is 51.0 Å².